The molecule has 0 aliphatic carbocycles. The highest BCUT2D eigenvalue weighted by Crippen LogP contribution is 2.22. The molecule has 1 atom stereocenters. The van der Waals surface area contributed by atoms with Crippen molar-refractivity contribution in [2.45, 2.75) is 33.1 Å². The second-order valence-electron chi connectivity index (χ2n) is 3.97. The van der Waals surface area contributed by atoms with Gasteiger partial charge in [-0.3, -0.25) is 0 Å². The van der Waals surface area contributed by atoms with E-state index < -0.39 is 0 Å². The van der Waals surface area contributed by atoms with Crippen LogP contribution in [0, 0.1) is 6.92 Å². The number of hydrogen-bond donors (Lipinski definition) is 0. The second-order valence-corrected chi connectivity index (χ2v) is 3.97. The largest absolute Gasteiger partial charge is 0.100 e. The molecule has 0 radical (unpaired) electrons. The third-order valence-electron chi connectivity index (χ3n) is 2.30. The molecule has 0 saturated carbocycles. The average molecular weight is 174 g/mol. The van der Waals surface area contributed by atoms with Gasteiger partial charge in [-0.05, 0) is 31.7 Å². The maximum Gasteiger partial charge on any atom is -0.0153 e. The summed E-state index contributed by atoms with van der Waals surface area (Å²) in [4.78, 5) is 0. The van der Waals surface area contributed by atoms with Crippen molar-refractivity contribution in [2.75, 3.05) is 0 Å². The minimum Gasteiger partial charge on any atom is -0.100 e. The van der Waals surface area contributed by atoms with E-state index in [0.717, 1.165) is 6.42 Å². The molecule has 0 nitrogen and oxygen atoms in total. The Kier molecular flexibility index (Phi) is 3.30. The molecular formula is C13H18. The predicted molar refractivity (Wildman–Crippen MR) is 59.0 cm³/mol. The van der Waals surface area contributed by atoms with Crippen LogP contribution in [0.4, 0.5) is 0 Å². The third kappa shape index (κ3) is 3.06. The molecule has 0 unspecified atom stereocenters. The maximum absolute atomic E-state index is 3.94. The Morgan fingerprint density at radius 3 is 2.31 bits per heavy atom. The lowest BCUT2D eigenvalue weighted by Crippen LogP contribution is -1.93. The zero-order valence-corrected chi connectivity index (χ0v) is 8.80. The van der Waals surface area contributed by atoms with E-state index in [9.17, 15) is 0 Å². The van der Waals surface area contributed by atoms with Gasteiger partial charge in [-0.15, -0.1) is 6.58 Å². The van der Waals surface area contributed by atoms with Crippen molar-refractivity contribution in [2.24, 2.45) is 0 Å². The fraction of sp³-hybridized carbons (Fsp3) is 0.385. The zero-order chi connectivity index (χ0) is 9.84. The molecule has 1 aromatic rings. The summed E-state index contributed by atoms with van der Waals surface area (Å²) in [7, 11) is 0. The molecule has 1 aromatic carbocycles. The maximum atomic E-state index is 3.94. The fourth-order valence-corrected chi connectivity index (χ4v) is 1.54. The van der Waals surface area contributed by atoms with E-state index in [1.807, 2.05) is 0 Å². The van der Waals surface area contributed by atoms with Gasteiger partial charge < -0.3 is 0 Å². The highest BCUT2D eigenvalue weighted by Gasteiger charge is 2.04. The first-order valence-corrected chi connectivity index (χ1v) is 4.80. The van der Waals surface area contributed by atoms with Crippen molar-refractivity contribution in [3.8, 4) is 0 Å². The first kappa shape index (κ1) is 10.0. The summed E-state index contributed by atoms with van der Waals surface area (Å²) >= 11 is 0. The molecule has 0 N–H and O–H groups in total. The van der Waals surface area contributed by atoms with Gasteiger partial charge in [0, 0.05) is 0 Å². The highest BCUT2D eigenvalue weighted by atomic mass is 14.1. The minimum absolute atomic E-state index is 0.595. The molecule has 0 saturated heterocycles. The van der Waals surface area contributed by atoms with Crippen LogP contribution in [-0.4, -0.2) is 0 Å². The third-order valence-corrected chi connectivity index (χ3v) is 2.30. The van der Waals surface area contributed by atoms with Crippen molar-refractivity contribution in [3.63, 3.8) is 0 Å². The number of benzene rings is 1. The molecule has 13 heavy (non-hydrogen) atoms. The molecule has 1 rings (SSSR count). The van der Waals surface area contributed by atoms with Gasteiger partial charge in [-0.2, -0.15) is 0 Å². The highest BCUT2D eigenvalue weighted by molar-refractivity contribution is 5.24. The molecule has 0 heteroatoms. The Labute approximate surface area is 81.3 Å². The summed E-state index contributed by atoms with van der Waals surface area (Å²) in [5.74, 6) is 0.595. The lowest BCUT2D eigenvalue weighted by atomic mass is 9.94. The van der Waals surface area contributed by atoms with Crippen LogP contribution >= 0.6 is 0 Å². The minimum atomic E-state index is 0.595. The Bertz CT molecular complexity index is 279. The predicted octanol–water partition coefficient (Wildman–Crippen LogP) is 4.06. The lowest BCUT2D eigenvalue weighted by molar-refractivity contribution is 0.753. The topological polar surface area (TPSA) is 0 Å². The molecule has 0 aromatic heterocycles. The SMILES string of the molecule is C=C(C)C[C@H](C)c1ccc(C)cc1. The van der Waals surface area contributed by atoms with E-state index in [2.05, 4.69) is 51.6 Å². The molecule has 0 heterocycles. The molecule has 0 spiro atoms. The molecule has 70 valence electrons. The van der Waals surface area contributed by atoms with Crippen molar-refractivity contribution < 1.29 is 0 Å². The monoisotopic (exact) mass is 174 g/mol. The van der Waals surface area contributed by atoms with Crippen LogP contribution in [0.25, 0.3) is 0 Å². The van der Waals surface area contributed by atoms with Gasteiger partial charge in [0.2, 0.25) is 0 Å². The molecule has 0 bridgehead atoms. The molecule has 0 aliphatic heterocycles. The number of aryl methyl sites for hydroxylation is 1. The fourth-order valence-electron chi connectivity index (χ4n) is 1.54. The van der Waals surface area contributed by atoms with Crippen molar-refractivity contribution >= 4 is 0 Å². The number of allylic oxidation sites excluding steroid dienone is 1. The first-order valence-electron chi connectivity index (χ1n) is 4.80. The average Bonchev–Trinajstić information content (AvgIpc) is 2.04. The zero-order valence-electron chi connectivity index (χ0n) is 8.80. The summed E-state index contributed by atoms with van der Waals surface area (Å²) in [5, 5.41) is 0. The second kappa shape index (κ2) is 4.27. The van der Waals surface area contributed by atoms with E-state index in [1.54, 1.807) is 0 Å². The Morgan fingerprint density at radius 2 is 1.85 bits per heavy atom. The van der Waals surface area contributed by atoms with Gasteiger partial charge in [-0.1, -0.05) is 42.3 Å². The quantitative estimate of drug-likeness (QED) is 0.606. The van der Waals surface area contributed by atoms with E-state index >= 15 is 0 Å². The number of rotatable bonds is 3. The van der Waals surface area contributed by atoms with E-state index in [1.165, 1.54) is 16.7 Å². The smallest absolute Gasteiger partial charge is 0.0153 e. The van der Waals surface area contributed by atoms with Crippen LogP contribution in [0.2, 0.25) is 0 Å². The molecule has 0 amide bonds. The van der Waals surface area contributed by atoms with Crippen LogP contribution in [0.3, 0.4) is 0 Å². The summed E-state index contributed by atoms with van der Waals surface area (Å²) < 4.78 is 0. The van der Waals surface area contributed by atoms with E-state index in [-0.39, 0.29) is 0 Å². The standard InChI is InChI=1S/C13H18/c1-10(2)9-12(4)13-7-5-11(3)6-8-13/h5-8,12H,1,9H2,2-4H3/t12-/m0/s1. The van der Waals surface area contributed by atoms with Gasteiger partial charge in [0.15, 0.2) is 0 Å². The Balaban J connectivity index is 2.71. The van der Waals surface area contributed by atoms with Gasteiger partial charge >= 0.3 is 0 Å². The van der Waals surface area contributed by atoms with Crippen molar-refractivity contribution in [1.82, 2.24) is 0 Å². The number of hydrogen-bond acceptors (Lipinski definition) is 0. The summed E-state index contributed by atoms with van der Waals surface area (Å²) in [6, 6.07) is 8.76. The summed E-state index contributed by atoms with van der Waals surface area (Å²) in [6.45, 7) is 10.4. The Morgan fingerprint density at radius 1 is 1.31 bits per heavy atom. The molecular weight excluding hydrogens is 156 g/mol. The van der Waals surface area contributed by atoms with Crippen LogP contribution in [-0.2, 0) is 0 Å². The van der Waals surface area contributed by atoms with Gasteiger partial charge in [0.25, 0.3) is 0 Å². The van der Waals surface area contributed by atoms with E-state index in [0.29, 0.717) is 5.92 Å². The van der Waals surface area contributed by atoms with Gasteiger partial charge in [0.05, 0.1) is 0 Å². The lowest BCUT2D eigenvalue weighted by Gasteiger charge is -2.11. The van der Waals surface area contributed by atoms with Crippen LogP contribution < -0.4 is 0 Å². The first-order chi connectivity index (χ1) is 6.09. The van der Waals surface area contributed by atoms with Crippen LogP contribution in [0.5, 0.6) is 0 Å². The van der Waals surface area contributed by atoms with Gasteiger partial charge in [0.1, 0.15) is 0 Å². The summed E-state index contributed by atoms with van der Waals surface area (Å²) in [5.41, 5.74) is 3.99. The van der Waals surface area contributed by atoms with E-state index in [4.69, 9.17) is 0 Å². The van der Waals surface area contributed by atoms with Crippen LogP contribution in [0.15, 0.2) is 36.4 Å². The van der Waals surface area contributed by atoms with Crippen molar-refractivity contribution in [1.29, 1.82) is 0 Å². The van der Waals surface area contributed by atoms with Crippen LogP contribution in [0.1, 0.15) is 37.3 Å². The molecule has 0 aliphatic rings. The molecule has 0 fully saturated rings. The normalized spacial score (nSPS) is 12.5. The van der Waals surface area contributed by atoms with Gasteiger partial charge in [-0.25, -0.2) is 0 Å². The van der Waals surface area contributed by atoms with Crippen molar-refractivity contribution in [3.05, 3.63) is 47.5 Å². The summed E-state index contributed by atoms with van der Waals surface area (Å²) in [6.07, 6.45) is 1.09. The Hall–Kier alpha value is -1.04.